The summed E-state index contributed by atoms with van der Waals surface area (Å²) < 4.78 is 12.9. The van der Waals surface area contributed by atoms with Gasteiger partial charge in [-0.15, -0.1) is 0 Å². The second-order valence-electron chi connectivity index (χ2n) is 5.39. The van der Waals surface area contributed by atoms with Crippen molar-refractivity contribution in [3.05, 3.63) is 78.8 Å². The van der Waals surface area contributed by atoms with Crippen LogP contribution in [-0.4, -0.2) is 10.2 Å². The fourth-order valence-corrected chi connectivity index (χ4v) is 2.44. The maximum Gasteiger partial charge on any atom is 0.123 e. The van der Waals surface area contributed by atoms with Crippen molar-refractivity contribution in [2.24, 2.45) is 0 Å². The Balaban J connectivity index is 1.66. The fourth-order valence-electron chi connectivity index (χ4n) is 2.44. The summed E-state index contributed by atoms with van der Waals surface area (Å²) in [4.78, 5) is 0. The SMILES string of the molecule is C=C(CCC(=C)c1ccc2[nH]ncc2c1)c1ccc(F)cc1. The highest BCUT2D eigenvalue weighted by Gasteiger charge is 2.05. The van der Waals surface area contributed by atoms with E-state index < -0.39 is 0 Å². The van der Waals surface area contributed by atoms with Gasteiger partial charge in [0.2, 0.25) is 0 Å². The maximum absolute atomic E-state index is 12.9. The molecule has 2 aromatic carbocycles. The third-order valence-electron chi connectivity index (χ3n) is 3.83. The molecule has 0 spiro atoms. The Labute approximate surface area is 129 Å². The summed E-state index contributed by atoms with van der Waals surface area (Å²) in [7, 11) is 0. The van der Waals surface area contributed by atoms with Crippen LogP contribution in [0.1, 0.15) is 24.0 Å². The zero-order valence-corrected chi connectivity index (χ0v) is 12.3. The quantitative estimate of drug-likeness (QED) is 0.687. The maximum atomic E-state index is 12.9. The summed E-state index contributed by atoms with van der Waals surface area (Å²) in [6.07, 6.45) is 3.43. The monoisotopic (exact) mass is 292 g/mol. The Morgan fingerprint density at radius 2 is 1.59 bits per heavy atom. The summed E-state index contributed by atoms with van der Waals surface area (Å²) in [6.45, 7) is 8.25. The van der Waals surface area contributed by atoms with Crippen molar-refractivity contribution < 1.29 is 4.39 Å². The van der Waals surface area contributed by atoms with Gasteiger partial charge in [-0.05, 0) is 59.4 Å². The van der Waals surface area contributed by atoms with Gasteiger partial charge >= 0.3 is 0 Å². The molecule has 0 fully saturated rings. The summed E-state index contributed by atoms with van der Waals surface area (Å²) in [6, 6.07) is 12.6. The number of halogens is 1. The average Bonchev–Trinajstić information content (AvgIpc) is 3.00. The van der Waals surface area contributed by atoms with E-state index in [0.717, 1.165) is 46.0 Å². The fraction of sp³-hybridized carbons (Fsp3) is 0.105. The van der Waals surface area contributed by atoms with Crippen LogP contribution < -0.4 is 0 Å². The Bertz CT molecular complexity index is 828. The predicted molar refractivity (Wildman–Crippen MR) is 89.8 cm³/mol. The molecule has 0 atom stereocenters. The lowest BCUT2D eigenvalue weighted by atomic mass is 9.96. The van der Waals surface area contributed by atoms with Crippen LogP contribution in [0.25, 0.3) is 22.0 Å². The molecule has 3 aromatic rings. The number of allylic oxidation sites excluding steroid dienone is 2. The van der Waals surface area contributed by atoms with Gasteiger partial charge in [0.1, 0.15) is 5.82 Å². The molecule has 2 nitrogen and oxygen atoms in total. The van der Waals surface area contributed by atoms with Gasteiger partial charge in [0.05, 0.1) is 11.7 Å². The first-order valence-electron chi connectivity index (χ1n) is 7.18. The molecule has 0 aliphatic carbocycles. The zero-order chi connectivity index (χ0) is 15.5. The van der Waals surface area contributed by atoms with E-state index in [1.54, 1.807) is 12.1 Å². The van der Waals surface area contributed by atoms with Crippen molar-refractivity contribution in [1.29, 1.82) is 0 Å². The van der Waals surface area contributed by atoms with Crippen LogP contribution in [0.3, 0.4) is 0 Å². The van der Waals surface area contributed by atoms with E-state index in [-0.39, 0.29) is 5.82 Å². The van der Waals surface area contributed by atoms with Crippen molar-refractivity contribution in [3.63, 3.8) is 0 Å². The molecule has 110 valence electrons. The third-order valence-corrected chi connectivity index (χ3v) is 3.83. The topological polar surface area (TPSA) is 28.7 Å². The molecule has 1 aromatic heterocycles. The number of aromatic nitrogens is 2. The Kier molecular flexibility index (Phi) is 3.88. The molecule has 0 bridgehead atoms. The van der Waals surface area contributed by atoms with Crippen molar-refractivity contribution >= 4 is 22.0 Å². The van der Waals surface area contributed by atoms with Gasteiger partial charge < -0.3 is 0 Å². The van der Waals surface area contributed by atoms with Gasteiger partial charge in [-0.25, -0.2) is 4.39 Å². The highest BCUT2D eigenvalue weighted by Crippen LogP contribution is 2.26. The molecule has 22 heavy (non-hydrogen) atoms. The van der Waals surface area contributed by atoms with E-state index in [4.69, 9.17) is 0 Å². The van der Waals surface area contributed by atoms with E-state index in [1.165, 1.54) is 12.1 Å². The third kappa shape index (κ3) is 2.98. The Hall–Kier alpha value is -2.68. The molecule has 1 heterocycles. The minimum absolute atomic E-state index is 0.227. The largest absolute Gasteiger partial charge is 0.278 e. The number of nitrogens with one attached hydrogen (secondary N) is 1. The lowest BCUT2D eigenvalue weighted by Crippen LogP contribution is -1.88. The van der Waals surface area contributed by atoms with Gasteiger partial charge in [0, 0.05) is 5.39 Å². The van der Waals surface area contributed by atoms with E-state index in [1.807, 2.05) is 18.3 Å². The van der Waals surface area contributed by atoms with Crippen molar-refractivity contribution in [3.8, 4) is 0 Å². The number of fused-ring (bicyclic) bond motifs is 1. The molecule has 0 amide bonds. The van der Waals surface area contributed by atoms with Crippen LogP contribution in [0.15, 0.2) is 61.8 Å². The van der Waals surface area contributed by atoms with E-state index in [0.29, 0.717) is 0 Å². The summed E-state index contributed by atoms with van der Waals surface area (Å²) in [5, 5.41) is 8.04. The van der Waals surface area contributed by atoms with Gasteiger partial charge in [-0.3, -0.25) is 5.10 Å². The minimum atomic E-state index is -0.227. The highest BCUT2D eigenvalue weighted by atomic mass is 19.1. The van der Waals surface area contributed by atoms with Crippen LogP contribution in [0.2, 0.25) is 0 Å². The number of benzene rings is 2. The van der Waals surface area contributed by atoms with Gasteiger partial charge in [-0.2, -0.15) is 5.10 Å². The molecule has 0 unspecified atom stereocenters. The predicted octanol–water partition coefficient (Wildman–Crippen LogP) is 5.21. The lowest BCUT2D eigenvalue weighted by Gasteiger charge is -2.09. The molecule has 1 N–H and O–H groups in total. The van der Waals surface area contributed by atoms with E-state index >= 15 is 0 Å². The Morgan fingerprint density at radius 1 is 0.955 bits per heavy atom. The van der Waals surface area contributed by atoms with Crippen molar-refractivity contribution in [1.82, 2.24) is 10.2 Å². The minimum Gasteiger partial charge on any atom is -0.278 e. The number of aromatic amines is 1. The van der Waals surface area contributed by atoms with Crippen LogP contribution >= 0.6 is 0 Å². The van der Waals surface area contributed by atoms with E-state index in [2.05, 4.69) is 29.4 Å². The zero-order valence-electron chi connectivity index (χ0n) is 12.3. The number of hydrogen-bond acceptors (Lipinski definition) is 1. The molecule has 3 rings (SSSR count). The lowest BCUT2D eigenvalue weighted by molar-refractivity contribution is 0.627. The van der Waals surface area contributed by atoms with Crippen LogP contribution in [0.4, 0.5) is 4.39 Å². The highest BCUT2D eigenvalue weighted by molar-refractivity contribution is 5.82. The number of rotatable bonds is 5. The smallest absolute Gasteiger partial charge is 0.123 e. The normalized spacial score (nSPS) is 10.8. The van der Waals surface area contributed by atoms with Gasteiger partial charge in [0.15, 0.2) is 0 Å². The molecule has 0 aliphatic heterocycles. The first-order valence-corrected chi connectivity index (χ1v) is 7.18. The second kappa shape index (κ2) is 5.98. The van der Waals surface area contributed by atoms with Gasteiger partial charge in [0.25, 0.3) is 0 Å². The Morgan fingerprint density at radius 3 is 2.32 bits per heavy atom. The first-order chi connectivity index (χ1) is 10.6. The molecule has 3 heteroatoms. The van der Waals surface area contributed by atoms with E-state index in [9.17, 15) is 4.39 Å². The first kappa shape index (κ1) is 14.3. The molecular weight excluding hydrogens is 275 g/mol. The molecular formula is C19H17FN2. The molecule has 0 radical (unpaired) electrons. The van der Waals surface area contributed by atoms with Crippen LogP contribution in [-0.2, 0) is 0 Å². The number of H-pyrrole nitrogens is 1. The molecule has 0 saturated heterocycles. The van der Waals surface area contributed by atoms with Crippen molar-refractivity contribution in [2.45, 2.75) is 12.8 Å². The standard InChI is InChI=1S/C19H17FN2/c1-13(15-5-8-18(20)9-6-15)3-4-14(2)16-7-10-19-17(11-16)12-21-22-19/h5-12H,1-4H2,(H,21,22). The van der Waals surface area contributed by atoms with Gasteiger partial charge in [-0.1, -0.05) is 31.4 Å². The van der Waals surface area contributed by atoms with Crippen LogP contribution in [0.5, 0.6) is 0 Å². The molecule has 0 aliphatic rings. The number of nitrogens with zero attached hydrogens (tertiary/aromatic N) is 1. The summed E-state index contributed by atoms with van der Waals surface area (Å²) in [5.74, 6) is -0.227. The average molecular weight is 292 g/mol. The molecule has 0 saturated carbocycles. The van der Waals surface area contributed by atoms with Crippen molar-refractivity contribution in [2.75, 3.05) is 0 Å². The van der Waals surface area contributed by atoms with Crippen LogP contribution in [0, 0.1) is 5.82 Å². The summed E-state index contributed by atoms with van der Waals surface area (Å²) >= 11 is 0. The summed E-state index contributed by atoms with van der Waals surface area (Å²) in [5.41, 5.74) is 5.16. The number of hydrogen-bond donors (Lipinski definition) is 1. The second-order valence-corrected chi connectivity index (χ2v) is 5.39.